The van der Waals surface area contributed by atoms with Gasteiger partial charge in [0.05, 0.1) is 15.0 Å². The summed E-state index contributed by atoms with van der Waals surface area (Å²) in [6, 6.07) is 10.1. The maximum Gasteiger partial charge on any atom is 0.293 e. The van der Waals surface area contributed by atoms with Crippen molar-refractivity contribution >= 4 is 50.5 Å². The molecule has 2 aromatic rings. The van der Waals surface area contributed by atoms with Crippen LogP contribution in [0.1, 0.15) is 5.56 Å². The Kier molecular flexibility index (Phi) is 4.86. The van der Waals surface area contributed by atoms with Gasteiger partial charge in [0.1, 0.15) is 5.69 Å². The summed E-state index contributed by atoms with van der Waals surface area (Å²) in [7, 11) is 0. The van der Waals surface area contributed by atoms with Crippen LogP contribution in [0.5, 0.6) is 0 Å². The number of nitro groups is 1. The van der Waals surface area contributed by atoms with Crippen molar-refractivity contribution in [2.24, 2.45) is 0 Å². The summed E-state index contributed by atoms with van der Waals surface area (Å²) < 4.78 is 0.657. The van der Waals surface area contributed by atoms with Crippen LogP contribution in [0, 0.1) is 10.1 Å². The lowest BCUT2D eigenvalue weighted by Crippen LogP contribution is -2.02. The molecule has 0 radical (unpaired) electrons. The van der Waals surface area contributed by atoms with E-state index in [0.717, 1.165) is 5.56 Å². The lowest BCUT2D eigenvalue weighted by Gasteiger charge is -2.08. The number of anilines is 1. The summed E-state index contributed by atoms with van der Waals surface area (Å²) in [6.45, 7) is 0.416. The molecule has 0 saturated heterocycles. The Labute approximate surface area is 134 Å². The molecule has 0 aliphatic rings. The van der Waals surface area contributed by atoms with Crippen LogP contribution >= 0.6 is 39.1 Å². The molecular formula is C13H9BrCl2N2O2. The van der Waals surface area contributed by atoms with E-state index in [1.165, 1.54) is 6.07 Å². The third kappa shape index (κ3) is 3.62. The lowest BCUT2D eigenvalue weighted by molar-refractivity contribution is -0.384. The molecule has 0 atom stereocenters. The van der Waals surface area contributed by atoms with Crippen LogP contribution in [0.3, 0.4) is 0 Å². The van der Waals surface area contributed by atoms with Crippen LogP contribution in [0.25, 0.3) is 0 Å². The fourth-order valence-electron chi connectivity index (χ4n) is 1.65. The highest BCUT2D eigenvalue weighted by molar-refractivity contribution is 9.10. The van der Waals surface area contributed by atoms with Gasteiger partial charge in [0.15, 0.2) is 0 Å². The van der Waals surface area contributed by atoms with E-state index in [0.29, 0.717) is 26.8 Å². The maximum absolute atomic E-state index is 11.0. The number of hydrogen-bond acceptors (Lipinski definition) is 3. The van der Waals surface area contributed by atoms with Crippen molar-refractivity contribution in [3.05, 3.63) is 66.6 Å². The fourth-order valence-corrected chi connectivity index (χ4v) is 2.32. The topological polar surface area (TPSA) is 55.2 Å². The summed E-state index contributed by atoms with van der Waals surface area (Å²) in [5.41, 5.74) is 1.35. The van der Waals surface area contributed by atoms with Gasteiger partial charge in [0, 0.05) is 17.1 Å². The number of rotatable bonds is 4. The smallest absolute Gasteiger partial charge is 0.293 e. The average molecular weight is 376 g/mol. The molecule has 0 heterocycles. The number of nitro benzene ring substituents is 1. The van der Waals surface area contributed by atoms with E-state index >= 15 is 0 Å². The van der Waals surface area contributed by atoms with Crippen LogP contribution in [0.4, 0.5) is 11.4 Å². The molecule has 0 aliphatic carbocycles. The van der Waals surface area contributed by atoms with Crippen LogP contribution in [-0.2, 0) is 6.54 Å². The summed E-state index contributed by atoms with van der Waals surface area (Å²) in [6.07, 6.45) is 0. The molecule has 2 aromatic carbocycles. The highest BCUT2D eigenvalue weighted by Crippen LogP contribution is 2.29. The van der Waals surface area contributed by atoms with Gasteiger partial charge in [0.25, 0.3) is 5.69 Å². The quantitative estimate of drug-likeness (QED) is 0.584. The minimum absolute atomic E-state index is 0.0134. The number of hydrogen-bond donors (Lipinski definition) is 1. The van der Waals surface area contributed by atoms with Gasteiger partial charge < -0.3 is 5.32 Å². The van der Waals surface area contributed by atoms with Crippen LogP contribution in [0.15, 0.2) is 40.9 Å². The van der Waals surface area contributed by atoms with E-state index in [1.54, 1.807) is 24.3 Å². The molecule has 0 amide bonds. The Morgan fingerprint density at radius 1 is 1.15 bits per heavy atom. The first-order valence-electron chi connectivity index (χ1n) is 5.59. The third-order valence-corrected chi connectivity index (χ3v) is 3.86. The second kappa shape index (κ2) is 6.43. The van der Waals surface area contributed by atoms with E-state index in [1.807, 2.05) is 6.07 Å². The highest BCUT2D eigenvalue weighted by Gasteiger charge is 2.13. The van der Waals surface area contributed by atoms with Crippen molar-refractivity contribution in [3.8, 4) is 0 Å². The van der Waals surface area contributed by atoms with Crippen molar-refractivity contribution in [2.45, 2.75) is 6.54 Å². The van der Waals surface area contributed by atoms with Crippen LogP contribution in [0.2, 0.25) is 10.0 Å². The lowest BCUT2D eigenvalue weighted by atomic mass is 10.2. The SMILES string of the molecule is O=[N+]([O-])c1cc(Br)ccc1NCc1ccc(Cl)c(Cl)c1. The van der Waals surface area contributed by atoms with Gasteiger partial charge in [-0.05, 0) is 29.8 Å². The molecule has 0 aliphatic heterocycles. The zero-order valence-corrected chi connectivity index (χ0v) is 13.2. The average Bonchev–Trinajstić information content (AvgIpc) is 2.41. The van der Waals surface area contributed by atoms with Crippen LogP contribution in [-0.4, -0.2) is 4.92 Å². The van der Waals surface area contributed by atoms with Gasteiger partial charge in [-0.1, -0.05) is 45.2 Å². The molecule has 0 aromatic heterocycles. The number of nitrogens with zero attached hydrogens (tertiary/aromatic N) is 1. The van der Waals surface area contributed by atoms with E-state index in [2.05, 4.69) is 21.2 Å². The van der Waals surface area contributed by atoms with Crippen molar-refractivity contribution < 1.29 is 4.92 Å². The number of halogens is 3. The molecule has 2 rings (SSSR count). The van der Waals surface area contributed by atoms with Crippen molar-refractivity contribution in [2.75, 3.05) is 5.32 Å². The van der Waals surface area contributed by atoms with Crippen molar-refractivity contribution in [3.63, 3.8) is 0 Å². The number of benzene rings is 2. The third-order valence-electron chi connectivity index (χ3n) is 2.62. The monoisotopic (exact) mass is 374 g/mol. The predicted molar refractivity (Wildman–Crippen MR) is 84.6 cm³/mol. The minimum atomic E-state index is -0.429. The van der Waals surface area contributed by atoms with E-state index in [4.69, 9.17) is 23.2 Å². The molecule has 0 fully saturated rings. The standard InChI is InChI=1S/C13H9BrCl2N2O2/c14-9-2-4-12(13(6-9)18(19)20)17-7-8-1-3-10(15)11(16)5-8/h1-6,17H,7H2. The van der Waals surface area contributed by atoms with Gasteiger partial charge in [-0.3, -0.25) is 10.1 Å². The summed E-state index contributed by atoms with van der Waals surface area (Å²) in [5.74, 6) is 0. The van der Waals surface area contributed by atoms with E-state index in [-0.39, 0.29) is 5.69 Å². The first-order valence-corrected chi connectivity index (χ1v) is 7.14. The molecule has 0 bridgehead atoms. The second-order valence-electron chi connectivity index (χ2n) is 4.02. The number of nitrogens with one attached hydrogen (secondary N) is 1. The normalized spacial score (nSPS) is 10.3. The van der Waals surface area contributed by atoms with E-state index < -0.39 is 4.92 Å². The van der Waals surface area contributed by atoms with Gasteiger partial charge in [-0.2, -0.15) is 0 Å². The van der Waals surface area contributed by atoms with Gasteiger partial charge in [-0.15, -0.1) is 0 Å². The molecule has 4 nitrogen and oxygen atoms in total. The van der Waals surface area contributed by atoms with Crippen molar-refractivity contribution in [1.82, 2.24) is 0 Å². The summed E-state index contributed by atoms with van der Waals surface area (Å²) in [5, 5.41) is 14.9. The molecule has 1 N–H and O–H groups in total. The molecule has 0 unspecified atom stereocenters. The highest BCUT2D eigenvalue weighted by atomic mass is 79.9. The van der Waals surface area contributed by atoms with Gasteiger partial charge in [-0.25, -0.2) is 0 Å². The second-order valence-corrected chi connectivity index (χ2v) is 5.75. The van der Waals surface area contributed by atoms with Crippen molar-refractivity contribution in [1.29, 1.82) is 0 Å². The Morgan fingerprint density at radius 3 is 2.55 bits per heavy atom. The largest absolute Gasteiger partial charge is 0.375 e. The fraction of sp³-hybridized carbons (Fsp3) is 0.0769. The first kappa shape index (κ1) is 15.1. The van der Waals surface area contributed by atoms with E-state index in [9.17, 15) is 10.1 Å². The zero-order chi connectivity index (χ0) is 14.7. The van der Waals surface area contributed by atoms with Crippen LogP contribution < -0.4 is 5.32 Å². The van der Waals surface area contributed by atoms with Gasteiger partial charge in [0.2, 0.25) is 0 Å². The minimum Gasteiger partial charge on any atom is -0.375 e. The summed E-state index contributed by atoms with van der Waals surface area (Å²) in [4.78, 5) is 10.6. The molecule has 0 spiro atoms. The maximum atomic E-state index is 11.0. The molecule has 7 heteroatoms. The first-order chi connectivity index (χ1) is 9.47. The molecular weight excluding hydrogens is 367 g/mol. The Balaban J connectivity index is 2.18. The Morgan fingerprint density at radius 2 is 1.90 bits per heavy atom. The Bertz CT molecular complexity index is 665. The summed E-state index contributed by atoms with van der Waals surface area (Å²) >= 11 is 15.0. The Hall–Kier alpha value is -1.30. The van der Waals surface area contributed by atoms with Gasteiger partial charge >= 0.3 is 0 Å². The zero-order valence-electron chi connectivity index (χ0n) is 10.1. The predicted octanol–water partition coefficient (Wildman–Crippen LogP) is 5.28. The molecule has 104 valence electrons. The molecule has 0 saturated carbocycles. The molecule has 20 heavy (non-hydrogen) atoms.